The summed E-state index contributed by atoms with van der Waals surface area (Å²) in [5.41, 5.74) is 3.37. The van der Waals surface area contributed by atoms with Crippen molar-refractivity contribution in [1.82, 2.24) is 9.47 Å². The Morgan fingerprint density at radius 2 is 1.82 bits per heavy atom. The molecule has 4 heterocycles. The molecule has 2 aromatic heterocycles. The summed E-state index contributed by atoms with van der Waals surface area (Å²) in [6.07, 6.45) is 0.306. The second-order valence-corrected chi connectivity index (χ2v) is 9.41. The van der Waals surface area contributed by atoms with Crippen molar-refractivity contribution in [2.45, 2.75) is 52.7 Å². The maximum Gasteiger partial charge on any atom is 0.339 e. The first-order valence-electron chi connectivity index (χ1n) is 11.4. The van der Waals surface area contributed by atoms with Gasteiger partial charge in [-0.1, -0.05) is 6.07 Å². The molecule has 2 bridgehead atoms. The molecule has 3 aromatic rings. The maximum absolute atomic E-state index is 13.3. The number of hydrogen-bond acceptors (Lipinski definition) is 5. The van der Waals surface area contributed by atoms with Gasteiger partial charge in [0.25, 0.3) is 11.5 Å². The van der Waals surface area contributed by atoms with Crippen LogP contribution in [0.15, 0.2) is 44.3 Å². The van der Waals surface area contributed by atoms with Crippen LogP contribution in [-0.4, -0.2) is 34.6 Å². The lowest BCUT2D eigenvalue weighted by atomic mass is 9.83. The van der Waals surface area contributed by atoms with Crippen molar-refractivity contribution < 1.29 is 13.9 Å². The van der Waals surface area contributed by atoms with E-state index in [2.05, 4.69) is 0 Å². The normalized spacial score (nSPS) is 20.4. The minimum Gasteiger partial charge on any atom is -0.480 e. The van der Waals surface area contributed by atoms with Gasteiger partial charge in [-0.2, -0.15) is 0 Å². The first-order chi connectivity index (χ1) is 15.7. The van der Waals surface area contributed by atoms with Crippen LogP contribution in [0.1, 0.15) is 41.6 Å². The van der Waals surface area contributed by atoms with Gasteiger partial charge in [0.05, 0.1) is 0 Å². The summed E-state index contributed by atoms with van der Waals surface area (Å²) in [6, 6.07) is 9.10. The molecule has 0 spiro atoms. The molecule has 7 heteroatoms. The lowest BCUT2D eigenvalue weighted by Gasteiger charge is -2.43. The molecule has 1 amide bonds. The van der Waals surface area contributed by atoms with E-state index in [1.165, 1.54) is 0 Å². The highest BCUT2D eigenvalue weighted by Crippen LogP contribution is 2.35. The number of fused-ring (bicyclic) bond motifs is 5. The number of ether oxygens (including phenoxy) is 1. The number of hydrogen-bond donors (Lipinski definition) is 0. The fourth-order valence-corrected chi connectivity index (χ4v) is 5.33. The van der Waals surface area contributed by atoms with Crippen LogP contribution in [0.4, 0.5) is 0 Å². The molecule has 1 aromatic carbocycles. The van der Waals surface area contributed by atoms with Gasteiger partial charge in [0.1, 0.15) is 11.3 Å². The largest absolute Gasteiger partial charge is 0.480 e. The Bertz CT molecular complexity index is 1390. The quantitative estimate of drug-likeness (QED) is 0.575. The molecule has 5 rings (SSSR count). The molecule has 2 aliphatic rings. The number of carbonyl (C=O) groups excluding carboxylic acids is 1. The zero-order valence-electron chi connectivity index (χ0n) is 19.4. The van der Waals surface area contributed by atoms with Gasteiger partial charge in [-0.15, -0.1) is 0 Å². The van der Waals surface area contributed by atoms with Crippen LogP contribution in [0.2, 0.25) is 0 Å². The molecule has 0 aliphatic carbocycles. The Hall–Kier alpha value is -3.35. The third-order valence-electron chi connectivity index (χ3n) is 7.27. The lowest BCUT2D eigenvalue weighted by Crippen LogP contribution is -2.52. The smallest absolute Gasteiger partial charge is 0.339 e. The number of carbonyl (C=O) groups is 1. The van der Waals surface area contributed by atoms with Gasteiger partial charge in [-0.3, -0.25) is 9.59 Å². The fraction of sp³-hybridized carbons (Fsp3) is 0.423. The zero-order chi connectivity index (χ0) is 23.4. The SMILES string of the molecule is Cc1c(C)c2ccc(O[C@@H](C)C(=O)N3C[C@H]4C[C@@H](C3)c3cccc(=O)n3C4)c(C)c2oc1=O. The number of likely N-dealkylation sites (tertiary alicyclic amines) is 1. The highest BCUT2D eigenvalue weighted by atomic mass is 16.5. The third kappa shape index (κ3) is 3.56. The lowest BCUT2D eigenvalue weighted by molar-refractivity contribution is -0.140. The van der Waals surface area contributed by atoms with Gasteiger partial charge in [0.2, 0.25) is 0 Å². The van der Waals surface area contributed by atoms with Gasteiger partial charge in [-0.05, 0) is 63.8 Å². The topological polar surface area (TPSA) is 81.8 Å². The molecular formula is C26H28N2O5. The minimum absolute atomic E-state index is 0.0301. The standard InChI is InChI=1S/C26H28N2O5/c1-14-15(2)26(31)33-24-16(3)22(9-8-20(14)24)32-17(4)25(30)27-11-18-10-19(13-27)21-6-5-7-23(29)28(21)12-18/h5-9,17-19H,10-13H2,1-4H3/t17-,18+,19-/m0/s1. The molecule has 3 atom stereocenters. The van der Waals surface area contributed by atoms with Gasteiger partial charge < -0.3 is 18.6 Å². The molecule has 0 radical (unpaired) electrons. The molecule has 7 nitrogen and oxygen atoms in total. The Morgan fingerprint density at radius 3 is 2.61 bits per heavy atom. The average molecular weight is 449 g/mol. The van der Waals surface area contributed by atoms with E-state index in [1.807, 2.05) is 41.5 Å². The third-order valence-corrected chi connectivity index (χ3v) is 7.27. The summed E-state index contributed by atoms with van der Waals surface area (Å²) in [6.45, 7) is 9.10. The number of aryl methyl sites for hydroxylation is 2. The molecule has 33 heavy (non-hydrogen) atoms. The van der Waals surface area contributed by atoms with E-state index in [1.54, 1.807) is 26.0 Å². The van der Waals surface area contributed by atoms with Crippen molar-refractivity contribution in [3.05, 3.63) is 73.5 Å². The zero-order valence-corrected chi connectivity index (χ0v) is 19.4. The number of piperidine rings is 1. The number of pyridine rings is 1. The van der Waals surface area contributed by atoms with E-state index in [9.17, 15) is 14.4 Å². The first-order valence-corrected chi connectivity index (χ1v) is 11.4. The van der Waals surface area contributed by atoms with Crippen molar-refractivity contribution in [3.8, 4) is 5.75 Å². The summed E-state index contributed by atoms with van der Waals surface area (Å²) in [5.74, 6) is 0.877. The van der Waals surface area contributed by atoms with Crippen molar-refractivity contribution >= 4 is 16.9 Å². The predicted octanol–water partition coefficient (Wildman–Crippen LogP) is 3.29. The summed E-state index contributed by atoms with van der Waals surface area (Å²) < 4.78 is 13.5. The van der Waals surface area contributed by atoms with Crippen LogP contribution in [0.25, 0.3) is 11.0 Å². The minimum atomic E-state index is -0.684. The number of benzene rings is 1. The van der Waals surface area contributed by atoms with Crippen LogP contribution in [0, 0.1) is 26.7 Å². The number of amides is 1. The number of nitrogens with zero attached hydrogens (tertiary/aromatic N) is 2. The van der Waals surface area contributed by atoms with E-state index >= 15 is 0 Å². The van der Waals surface area contributed by atoms with E-state index in [-0.39, 0.29) is 28.9 Å². The molecule has 0 N–H and O–H groups in total. The Balaban J connectivity index is 1.37. The molecule has 0 unspecified atom stereocenters. The van der Waals surface area contributed by atoms with Gasteiger partial charge >= 0.3 is 5.63 Å². The van der Waals surface area contributed by atoms with Gasteiger partial charge in [0.15, 0.2) is 6.10 Å². The molecular weight excluding hydrogens is 420 g/mol. The van der Waals surface area contributed by atoms with E-state index < -0.39 is 6.10 Å². The highest BCUT2D eigenvalue weighted by molar-refractivity contribution is 5.86. The molecule has 1 saturated heterocycles. The second-order valence-electron chi connectivity index (χ2n) is 9.41. The monoisotopic (exact) mass is 448 g/mol. The summed E-state index contributed by atoms with van der Waals surface area (Å²) in [4.78, 5) is 39.6. The van der Waals surface area contributed by atoms with Crippen LogP contribution in [0.5, 0.6) is 5.75 Å². The number of rotatable bonds is 3. The van der Waals surface area contributed by atoms with Crippen LogP contribution in [-0.2, 0) is 11.3 Å². The molecule has 1 fully saturated rings. The van der Waals surface area contributed by atoms with E-state index in [0.29, 0.717) is 42.1 Å². The summed E-state index contributed by atoms with van der Waals surface area (Å²) in [5, 5.41) is 0.869. The van der Waals surface area contributed by atoms with Gasteiger partial charge in [0, 0.05) is 53.8 Å². The van der Waals surface area contributed by atoms with Crippen LogP contribution >= 0.6 is 0 Å². The molecule has 0 saturated carbocycles. The molecule has 2 aliphatic heterocycles. The van der Waals surface area contributed by atoms with E-state index in [4.69, 9.17) is 9.15 Å². The van der Waals surface area contributed by atoms with Crippen molar-refractivity contribution in [3.63, 3.8) is 0 Å². The number of aromatic nitrogens is 1. The van der Waals surface area contributed by atoms with Crippen LogP contribution < -0.4 is 15.9 Å². The van der Waals surface area contributed by atoms with Gasteiger partial charge in [-0.25, -0.2) is 4.79 Å². The Labute approximate surface area is 191 Å². The average Bonchev–Trinajstić information content (AvgIpc) is 2.80. The first kappa shape index (κ1) is 21.5. The summed E-state index contributed by atoms with van der Waals surface area (Å²) >= 11 is 0. The fourth-order valence-electron chi connectivity index (χ4n) is 5.33. The van der Waals surface area contributed by atoms with Crippen molar-refractivity contribution in [2.24, 2.45) is 5.92 Å². The highest BCUT2D eigenvalue weighted by Gasteiger charge is 2.37. The predicted molar refractivity (Wildman–Crippen MR) is 125 cm³/mol. The maximum atomic E-state index is 13.3. The van der Waals surface area contributed by atoms with Crippen LogP contribution in [0.3, 0.4) is 0 Å². The Kier molecular flexibility index (Phi) is 5.15. The molecule has 172 valence electrons. The van der Waals surface area contributed by atoms with E-state index in [0.717, 1.165) is 23.1 Å². The van der Waals surface area contributed by atoms with Crippen molar-refractivity contribution in [1.29, 1.82) is 0 Å². The second kappa shape index (κ2) is 7.90. The summed E-state index contributed by atoms with van der Waals surface area (Å²) in [7, 11) is 0. The Morgan fingerprint density at radius 1 is 1.03 bits per heavy atom. The van der Waals surface area contributed by atoms with Crippen molar-refractivity contribution in [2.75, 3.05) is 13.1 Å².